The van der Waals surface area contributed by atoms with E-state index in [1.165, 1.54) is 7.11 Å². The molecule has 3 rings (SSSR count). The van der Waals surface area contributed by atoms with Gasteiger partial charge in [-0.25, -0.2) is 0 Å². The van der Waals surface area contributed by atoms with Crippen molar-refractivity contribution in [3.05, 3.63) is 77.7 Å². The number of methoxy groups -OCH3 is 1. The molecule has 0 aliphatic heterocycles. The van der Waals surface area contributed by atoms with Gasteiger partial charge in [0.25, 0.3) is 5.91 Å². The lowest BCUT2D eigenvalue weighted by atomic mass is 9.97. The molecule has 0 spiro atoms. The minimum atomic E-state index is -0.583. The van der Waals surface area contributed by atoms with E-state index in [1.807, 2.05) is 0 Å². The van der Waals surface area contributed by atoms with Crippen molar-refractivity contribution in [1.29, 1.82) is 5.41 Å². The Morgan fingerprint density at radius 3 is 2.74 bits per heavy atom. The highest BCUT2D eigenvalue weighted by Crippen LogP contribution is 2.27. The maximum absolute atomic E-state index is 12.6. The van der Waals surface area contributed by atoms with E-state index in [1.54, 1.807) is 60.9 Å². The third kappa shape index (κ3) is 4.33. The number of hydrogen-bond acceptors (Lipinski definition) is 5. The SMILES string of the molecule is COc1ccc(C(=O)NC(CC(=N)c2cccnc2)c2ccccc2O)[nH]1. The van der Waals surface area contributed by atoms with Gasteiger partial charge in [-0.15, -0.1) is 0 Å². The predicted octanol–water partition coefficient (Wildman–Crippen LogP) is 3.05. The van der Waals surface area contributed by atoms with E-state index in [0.29, 0.717) is 28.4 Å². The maximum atomic E-state index is 12.6. The monoisotopic (exact) mass is 364 g/mol. The molecule has 138 valence electrons. The van der Waals surface area contributed by atoms with Crippen LogP contribution in [-0.2, 0) is 0 Å². The Morgan fingerprint density at radius 1 is 1.26 bits per heavy atom. The summed E-state index contributed by atoms with van der Waals surface area (Å²) in [4.78, 5) is 19.5. The van der Waals surface area contributed by atoms with Crippen molar-refractivity contribution >= 4 is 11.6 Å². The number of carbonyl (C=O) groups excluding carboxylic acids is 1. The van der Waals surface area contributed by atoms with Crippen molar-refractivity contribution in [2.75, 3.05) is 7.11 Å². The van der Waals surface area contributed by atoms with Crippen LogP contribution in [0, 0.1) is 5.41 Å². The summed E-state index contributed by atoms with van der Waals surface area (Å²) in [6, 6.07) is 13.0. The number of H-pyrrole nitrogens is 1. The molecule has 27 heavy (non-hydrogen) atoms. The summed E-state index contributed by atoms with van der Waals surface area (Å²) in [5.41, 5.74) is 1.84. The molecule has 7 nitrogen and oxygen atoms in total. The fourth-order valence-corrected chi connectivity index (χ4v) is 2.75. The Bertz CT molecular complexity index is 937. The maximum Gasteiger partial charge on any atom is 0.268 e. The van der Waals surface area contributed by atoms with Crippen LogP contribution in [0.1, 0.15) is 34.1 Å². The van der Waals surface area contributed by atoms with Crippen LogP contribution in [0.15, 0.2) is 60.9 Å². The van der Waals surface area contributed by atoms with Gasteiger partial charge >= 0.3 is 0 Å². The lowest BCUT2D eigenvalue weighted by Crippen LogP contribution is -2.30. The number of pyridine rings is 1. The molecule has 1 atom stereocenters. The summed E-state index contributed by atoms with van der Waals surface area (Å²) in [5, 5.41) is 21.5. The standard InChI is InChI=1S/C20H20N4O3/c1-27-19-9-8-16(23-19)20(26)24-17(14-6-2-3-7-18(14)25)11-15(21)13-5-4-10-22-12-13/h2-10,12,17,21,23,25H,11H2,1H3,(H,24,26). The molecule has 0 fully saturated rings. The number of aromatic hydroxyl groups is 1. The molecule has 0 aliphatic carbocycles. The zero-order valence-corrected chi connectivity index (χ0v) is 14.8. The normalized spacial score (nSPS) is 11.6. The minimum Gasteiger partial charge on any atom is -0.508 e. The summed E-state index contributed by atoms with van der Waals surface area (Å²) in [6.07, 6.45) is 3.44. The Hall–Kier alpha value is -3.61. The van der Waals surface area contributed by atoms with Crippen LogP contribution in [0.2, 0.25) is 0 Å². The first-order valence-electron chi connectivity index (χ1n) is 8.38. The zero-order chi connectivity index (χ0) is 19.2. The molecule has 0 radical (unpaired) electrons. The second-order valence-corrected chi connectivity index (χ2v) is 5.95. The van der Waals surface area contributed by atoms with E-state index in [9.17, 15) is 9.90 Å². The summed E-state index contributed by atoms with van der Waals surface area (Å²) in [7, 11) is 1.51. The highest BCUT2D eigenvalue weighted by atomic mass is 16.5. The third-order valence-corrected chi connectivity index (χ3v) is 4.16. The third-order valence-electron chi connectivity index (χ3n) is 4.16. The molecule has 3 aromatic rings. The van der Waals surface area contributed by atoms with Crippen molar-refractivity contribution in [3.63, 3.8) is 0 Å². The molecule has 1 aromatic carbocycles. The molecule has 2 aromatic heterocycles. The second kappa shape index (κ2) is 8.18. The number of carbonyl (C=O) groups is 1. The van der Waals surface area contributed by atoms with Crippen molar-refractivity contribution < 1.29 is 14.6 Å². The first-order chi connectivity index (χ1) is 13.1. The van der Waals surface area contributed by atoms with Gasteiger partial charge in [0.1, 0.15) is 11.4 Å². The van der Waals surface area contributed by atoms with Crippen molar-refractivity contribution in [1.82, 2.24) is 15.3 Å². The number of nitrogens with zero attached hydrogens (tertiary/aromatic N) is 1. The van der Waals surface area contributed by atoms with Gasteiger partial charge in [0.2, 0.25) is 0 Å². The number of phenolic OH excluding ortho intramolecular Hbond substituents is 1. The van der Waals surface area contributed by atoms with Crippen molar-refractivity contribution in [3.8, 4) is 11.6 Å². The topological polar surface area (TPSA) is 111 Å². The van der Waals surface area contributed by atoms with E-state index in [2.05, 4.69) is 15.3 Å². The van der Waals surface area contributed by atoms with Crippen LogP contribution in [0.3, 0.4) is 0 Å². The fourth-order valence-electron chi connectivity index (χ4n) is 2.75. The first-order valence-corrected chi connectivity index (χ1v) is 8.38. The number of rotatable bonds is 7. The first kappa shape index (κ1) is 18.2. The van der Waals surface area contributed by atoms with E-state index >= 15 is 0 Å². The lowest BCUT2D eigenvalue weighted by molar-refractivity contribution is 0.0932. The fraction of sp³-hybridized carbons (Fsp3) is 0.150. The molecule has 7 heteroatoms. The van der Waals surface area contributed by atoms with E-state index in [0.717, 1.165) is 0 Å². The van der Waals surface area contributed by atoms with E-state index in [-0.39, 0.29) is 18.1 Å². The van der Waals surface area contributed by atoms with Gasteiger partial charge in [0.05, 0.1) is 13.2 Å². The summed E-state index contributed by atoms with van der Waals surface area (Å²) in [6.45, 7) is 0. The van der Waals surface area contributed by atoms with Gasteiger partial charge in [0, 0.05) is 41.7 Å². The number of aromatic amines is 1. The number of aromatic nitrogens is 2. The molecule has 1 amide bonds. The highest BCUT2D eigenvalue weighted by molar-refractivity contribution is 5.99. The van der Waals surface area contributed by atoms with Crippen LogP contribution in [-0.4, -0.2) is 33.8 Å². The van der Waals surface area contributed by atoms with Crippen LogP contribution in [0.25, 0.3) is 0 Å². The molecular weight excluding hydrogens is 344 g/mol. The summed E-state index contributed by atoms with van der Waals surface area (Å²) < 4.78 is 5.06. The van der Waals surface area contributed by atoms with Gasteiger partial charge in [-0.1, -0.05) is 24.3 Å². The molecule has 4 N–H and O–H groups in total. The van der Waals surface area contributed by atoms with Crippen LogP contribution in [0.4, 0.5) is 0 Å². The zero-order valence-electron chi connectivity index (χ0n) is 14.8. The average molecular weight is 364 g/mol. The molecule has 0 bridgehead atoms. The van der Waals surface area contributed by atoms with Gasteiger partial charge in [-0.3, -0.25) is 9.78 Å². The molecule has 0 saturated heterocycles. The number of nitrogens with one attached hydrogen (secondary N) is 3. The smallest absolute Gasteiger partial charge is 0.268 e. The quantitative estimate of drug-likeness (QED) is 0.483. The number of phenols is 1. The molecule has 1 unspecified atom stereocenters. The minimum absolute atomic E-state index is 0.0610. The summed E-state index contributed by atoms with van der Waals surface area (Å²) in [5.74, 6) is 0.179. The van der Waals surface area contributed by atoms with Gasteiger partial charge in [0.15, 0.2) is 5.88 Å². The number of benzene rings is 1. The van der Waals surface area contributed by atoms with E-state index < -0.39 is 6.04 Å². The van der Waals surface area contributed by atoms with Gasteiger partial charge in [-0.05, 0) is 18.2 Å². The van der Waals surface area contributed by atoms with Crippen LogP contribution < -0.4 is 10.1 Å². The number of amides is 1. The predicted molar refractivity (Wildman–Crippen MR) is 101 cm³/mol. The molecular formula is C20H20N4O3. The van der Waals surface area contributed by atoms with E-state index in [4.69, 9.17) is 10.1 Å². The van der Waals surface area contributed by atoms with Gasteiger partial charge < -0.3 is 25.6 Å². The second-order valence-electron chi connectivity index (χ2n) is 5.95. The molecule has 2 heterocycles. The number of para-hydroxylation sites is 1. The summed E-state index contributed by atoms with van der Waals surface area (Å²) >= 11 is 0. The Balaban J connectivity index is 1.85. The van der Waals surface area contributed by atoms with Crippen molar-refractivity contribution in [2.24, 2.45) is 0 Å². The Labute approximate surface area is 156 Å². The lowest BCUT2D eigenvalue weighted by Gasteiger charge is -2.20. The highest BCUT2D eigenvalue weighted by Gasteiger charge is 2.21. The largest absolute Gasteiger partial charge is 0.508 e. The van der Waals surface area contributed by atoms with Gasteiger partial charge in [-0.2, -0.15) is 0 Å². The number of hydrogen-bond donors (Lipinski definition) is 4. The van der Waals surface area contributed by atoms with Crippen molar-refractivity contribution in [2.45, 2.75) is 12.5 Å². The number of ether oxygens (including phenoxy) is 1. The Morgan fingerprint density at radius 2 is 2.07 bits per heavy atom. The molecule has 0 aliphatic rings. The van der Waals surface area contributed by atoms with Crippen LogP contribution >= 0.6 is 0 Å². The van der Waals surface area contributed by atoms with Crippen LogP contribution in [0.5, 0.6) is 11.6 Å². The average Bonchev–Trinajstić information content (AvgIpc) is 3.18. The molecule has 0 saturated carbocycles. The Kier molecular flexibility index (Phi) is 5.51.